The van der Waals surface area contributed by atoms with E-state index in [1.54, 1.807) is 0 Å². The highest BCUT2D eigenvalue weighted by molar-refractivity contribution is 5.77. The average molecular weight is 272 g/mol. The molecule has 20 heavy (non-hydrogen) atoms. The maximum atomic E-state index is 12.2. The monoisotopic (exact) mass is 272 g/mol. The highest BCUT2D eigenvalue weighted by Crippen LogP contribution is 2.12. The van der Waals surface area contributed by atoms with Crippen LogP contribution in [0.3, 0.4) is 0 Å². The summed E-state index contributed by atoms with van der Waals surface area (Å²) in [5.41, 5.74) is 2.08. The first-order chi connectivity index (χ1) is 9.74. The number of likely N-dealkylation sites (N-methyl/N-ethyl adjacent to an activating group) is 1. The lowest BCUT2D eigenvalue weighted by molar-refractivity contribution is -0.132. The summed E-state index contributed by atoms with van der Waals surface area (Å²) in [5.74, 6) is 0.246. The molecule has 0 atom stereocenters. The van der Waals surface area contributed by atoms with Gasteiger partial charge in [0.05, 0.1) is 17.4 Å². The molecule has 0 radical (unpaired) electrons. The summed E-state index contributed by atoms with van der Waals surface area (Å²) >= 11 is 0. The summed E-state index contributed by atoms with van der Waals surface area (Å²) in [4.78, 5) is 20.8. The first-order valence-corrected chi connectivity index (χ1v) is 7.10. The molecule has 5 heteroatoms. The van der Waals surface area contributed by atoms with E-state index in [0.717, 1.165) is 37.2 Å². The van der Waals surface area contributed by atoms with Crippen LogP contribution in [0.4, 0.5) is 0 Å². The number of carbonyl (C=O) groups is 1. The second kappa shape index (κ2) is 5.63. The second-order valence-electron chi connectivity index (χ2n) is 5.36. The van der Waals surface area contributed by atoms with Crippen LogP contribution in [0.25, 0.3) is 11.0 Å². The van der Waals surface area contributed by atoms with Crippen LogP contribution in [0.5, 0.6) is 0 Å². The summed E-state index contributed by atoms with van der Waals surface area (Å²) in [6, 6.07) is 8.02. The Morgan fingerprint density at radius 3 is 2.75 bits per heavy atom. The number of para-hydroxylation sites is 2. The van der Waals surface area contributed by atoms with E-state index in [9.17, 15) is 4.79 Å². The first kappa shape index (κ1) is 13.1. The van der Waals surface area contributed by atoms with Gasteiger partial charge in [0, 0.05) is 39.1 Å². The zero-order chi connectivity index (χ0) is 13.9. The van der Waals surface area contributed by atoms with Gasteiger partial charge in [-0.3, -0.25) is 4.79 Å². The molecule has 0 N–H and O–H groups in total. The number of fused-ring (bicyclic) bond motifs is 1. The van der Waals surface area contributed by atoms with Gasteiger partial charge in [0.25, 0.3) is 0 Å². The predicted octanol–water partition coefficient (Wildman–Crippen LogP) is 1.20. The van der Waals surface area contributed by atoms with Crippen LogP contribution in [-0.4, -0.2) is 58.5 Å². The SMILES string of the molecule is CN1CCN(C(=O)CCn2cnc3ccccc32)CC1. The molecule has 0 aliphatic carbocycles. The van der Waals surface area contributed by atoms with Crippen molar-refractivity contribution >= 4 is 16.9 Å². The maximum absolute atomic E-state index is 12.2. The zero-order valence-corrected chi connectivity index (χ0v) is 11.8. The van der Waals surface area contributed by atoms with Gasteiger partial charge >= 0.3 is 0 Å². The third kappa shape index (κ3) is 2.67. The fourth-order valence-corrected chi connectivity index (χ4v) is 2.62. The number of aromatic nitrogens is 2. The Hall–Kier alpha value is -1.88. The molecular weight excluding hydrogens is 252 g/mol. The van der Waals surface area contributed by atoms with Crippen molar-refractivity contribution in [3.8, 4) is 0 Å². The lowest BCUT2D eigenvalue weighted by atomic mass is 10.2. The Morgan fingerprint density at radius 2 is 1.95 bits per heavy atom. The highest BCUT2D eigenvalue weighted by atomic mass is 16.2. The van der Waals surface area contributed by atoms with Gasteiger partial charge in [0.2, 0.25) is 5.91 Å². The Kier molecular flexibility index (Phi) is 3.69. The van der Waals surface area contributed by atoms with Crippen LogP contribution in [0.1, 0.15) is 6.42 Å². The molecule has 0 unspecified atom stereocenters. The number of aryl methyl sites for hydroxylation is 1. The number of hydrogen-bond donors (Lipinski definition) is 0. The second-order valence-corrected chi connectivity index (χ2v) is 5.36. The fourth-order valence-electron chi connectivity index (χ4n) is 2.62. The first-order valence-electron chi connectivity index (χ1n) is 7.10. The van der Waals surface area contributed by atoms with E-state index in [0.29, 0.717) is 13.0 Å². The zero-order valence-electron chi connectivity index (χ0n) is 11.8. The number of amides is 1. The summed E-state index contributed by atoms with van der Waals surface area (Å²) < 4.78 is 2.06. The highest BCUT2D eigenvalue weighted by Gasteiger charge is 2.18. The van der Waals surface area contributed by atoms with Crippen molar-refractivity contribution in [2.75, 3.05) is 33.2 Å². The Morgan fingerprint density at radius 1 is 1.20 bits per heavy atom. The molecule has 1 saturated heterocycles. The summed E-state index contributed by atoms with van der Waals surface area (Å²) in [5, 5.41) is 0. The molecule has 2 heterocycles. The normalized spacial score (nSPS) is 16.8. The number of hydrogen-bond acceptors (Lipinski definition) is 3. The fraction of sp³-hybridized carbons (Fsp3) is 0.467. The van der Waals surface area contributed by atoms with Crippen molar-refractivity contribution < 1.29 is 4.79 Å². The molecular formula is C15H20N4O. The molecule has 0 saturated carbocycles. The Balaban J connectivity index is 1.60. The minimum Gasteiger partial charge on any atom is -0.340 e. The van der Waals surface area contributed by atoms with Crippen molar-refractivity contribution in [1.82, 2.24) is 19.4 Å². The number of nitrogens with zero attached hydrogens (tertiary/aromatic N) is 4. The number of rotatable bonds is 3. The van der Waals surface area contributed by atoms with E-state index < -0.39 is 0 Å². The number of carbonyl (C=O) groups excluding carboxylic acids is 1. The molecule has 3 rings (SSSR count). The molecule has 0 spiro atoms. The standard InChI is InChI=1S/C15H20N4O/c1-17-8-10-18(11-9-17)15(20)6-7-19-12-16-13-4-2-3-5-14(13)19/h2-5,12H,6-11H2,1H3. The Labute approximate surface area is 118 Å². The van der Waals surface area contributed by atoms with Crippen molar-refractivity contribution in [3.63, 3.8) is 0 Å². The van der Waals surface area contributed by atoms with Gasteiger partial charge in [-0.2, -0.15) is 0 Å². The molecule has 106 valence electrons. The van der Waals surface area contributed by atoms with E-state index in [4.69, 9.17) is 0 Å². The lowest BCUT2D eigenvalue weighted by Gasteiger charge is -2.32. The minimum absolute atomic E-state index is 0.246. The molecule has 1 aliphatic rings. The molecule has 1 amide bonds. The average Bonchev–Trinajstić information content (AvgIpc) is 2.89. The molecule has 5 nitrogen and oxygen atoms in total. The van der Waals surface area contributed by atoms with Crippen LogP contribution in [0.15, 0.2) is 30.6 Å². The van der Waals surface area contributed by atoms with Gasteiger partial charge in [-0.1, -0.05) is 12.1 Å². The summed E-state index contributed by atoms with van der Waals surface area (Å²) in [7, 11) is 2.10. The maximum Gasteiger partial charge on any atom is 0.224 e. The Bertz CT molecular complexity index is 599. The van der Waals surface area contributed by atoms with Crippen molar-refractivity contribution in [1.29, 1.82) is 0 Å². The smallest absolute Gasteiger partial charge is 0.224 e. The topological polar surface area (TPSA) is 41.4 Å². The molecule has 1 aromatic heterocycles. The van der Waals surface area contributed by atoms with Crippen molar-refractivity contribution in [3.05, 3.63) is 30.6 Å². The number of imidazole rings is 1. The lowest BCUT2D eigenvalue weighted by Crippen LogP contribution is -2.47. The summed E-state index contributed by atoms with van der Waals surface area (Å²) in [6.45, 7) is 4.34. The quantitative estimate of drug-likeness (QED) is 0.843. The van der Waals surface area contributed by atoms with Gasteiger partial charge < -0.3 is 14.4 Å². The predicted molar refractivity (Wildman–Crippen MR) is 78.4 cm³/mol. The van der Waals surface area contributed by atoms with Crippen LogP contribution < -0.4 is 0 Å². The van der Waals surface area contributed by atoms with Crippen LogP contribution >= 0.6 is 0 Å². The largest absolute Gasteiger partial charge is 0.340 e. The third-order valence-electron chi connectivity index (χ3n) is 3.95. The van der Waals surface area contributed by atoms with Gasteiger partial charge in [-0.05, 0) is 19.2 Å². The third-order valence-corrected chi connectivity index (χ3v) is 3.95. The van der Waals surface area contributed by atoms with Crippen LogP contribution in [-0.2, 0) is 11.3 Å². The van der Waals surface area contributed by atoms with Crippen LogP contribution in [0.2, 0.25) is 0 Å². The van der Waals surface area contributed by atoms with Crippen LogP contribution in [0, 0.1) is 0 Å². The molecule has 2 aromatic rings. The summed E-state index contributed by atoms with van der Waals surface area (Å²) in [6.07, 6.45) is 2.37. The number of piperazine rings is 1. The molecule has 1 fully saturated rings. The minimum atomic E-state index is 0.246. The molecule has 0 bridgehead atoms. The van der Waals surface area contributed by atoms with Gasteiger partial charge in [0.15, 0.2) is 0 Å². The van der Waals surface area contributed by atoms with E-state index in [-0.39, 0.29) is 5.91 Å². The van der Waals surface area contributed by atoms with E-state index in [2.05, 4.69) is 21.5 Å². The number of benzene rings is 1. The van der Waals surface area contributed by atoms with Gasteiger partial charge in [-0.15, -0.1) is 0 Å². The van der Waals surface area contributed by atoms with E-state index in [1.807, 2.05) is 35.5 Å². The molecule has 1 aliphatic heterocycles. The van der Waals surface area contributed by atoms with Gasteiger partial charge in [0.1, 0.15) is 0 Å². The van der Waals surface area contributed by atoms with E-state index >= 15 is 0 Å². The van der Waals surface area contributed by atoms with E-state index in [1.165, 1.54) is 0 Å². The van der Waals surface area contributed by atoms with Crippen molar-refractivity contribution in [2.24, 2.45) is 0 Å². The van der Waals surface area contributed by atoms with Crippen molar-refractivity contribution in [2.45, 2.75) is 13.0 Å². The van der Waals surface area contributed by atoms with Gasteiger partial charge in [-0.25, -0.2) is 4.98 Å². The molecule has 1 aromatic carbocycles.